The molecule has 15 heavy (non-hydrogen) atoms. The van der Waals surface area contributed by atoms with Crippen LogP contribution in [0.3, 0.4) is 0 Å². The van der Waals surface area contributed by atoms with E-state index >= 15 is 0 Å². The summed E-state index contributed by atoms with van der Waals surface area (Å²) in [6.45, 7) is 5.48. The number of hydrogen-bond acceptors (Lipinski definition) is 2. The normalized spacial score (nSPS) is 19.1. The Morgan fingerprint density at radius 3 is 2.73 bits per heavy atom. The third-order valence-corrected chi connectivity index (χ3v) is 3.01. The van der Waals surface area contributed by atoms with E-state index in [2.05, 4.69) is 50.3 Å². The molecule has 0 bridgehead atoms. The molecule has 0 radical (unpaired) electrons. The summed E-state index contributed by atoms with van der Waals surface area (Å²) in [7, 11) is 4.26. The van der Waals surface area contributed by atoms with Gasteiger partial charge >= 0.3 is 0 Å². The van der Waals surface area contributed by atoms with Gasteiger partial charge < -0.3 is 10.2 Å². The van der Waals surface area contributed by atoms with Crippen molar-refractivity contribution in [3.63, 3.8) is 0 Å². The van der Waals surface area contributed by atoms with Crippen molar-refractivity contribution in [2.24, 2.45) is 0 Å². The van der Waals surface area contributed by atoms with E-state index in [0.29, 0.717) is 6.04 Å². The summed E-state index contributed by atoms with van der Waals surface area (Å²) in [4.78, 5) is 2.24. The predicted molar refractivity (Wildman–Crippen MR) is 65.6 cm³/mol. The maximum atomic E-state index is 3.61. The Morgan fingerprint density at radius 2 is 2.07 bits per heavy atom. The second-order valence-electron chi connectivity index (χ2n) is 4.92. The number of aryl methyl sites for hydroxylation is 2. The molecule has 1 aromatic rings. The molecule has 2 nitrogen and oxygen atoms in total. The van der Waals surface area contributed by atoms with E-state index in [-0.39, 0.29) is 0 Å². The Balaban J connectivity index is 2.20. The van der Waals surface area contributed by atoms with Gasteiger partial charge in [0.1, 0.15) is 0 Å². The number of anilines is 1. The zero-order valence-corrected chi connectivity index (χ0v) is 10.1. The molecule has 0 aromatic heterocycles. The molecule has 1 aromatic carbocycles. The zero-order chi connectivity index (χ0) is 11.0. The molecule has 1 aliphatic heterocycles. The van der Waals surface area contributed by atoms with Gasteiger partial charge in [-0.25, -0.2) is 0 Å². The van der Waals surface area contributed by atoms with Crippen LogP contribution in [0, 0.1) is 13.8 Å². The fourth-order valence-electron chi connectivity index (χ4n) is 2.47. The number of benzene rings is 1. The lowest BCUT2D eigenvalue weighted by Gasteiger charge is -2.16. The lowest BCUT2D eigenvalue weighted by atomic mass is 10.0. The molecular weight excluding hydrogens is 184 g/mol. The van der Waals surface area contributed by atoms with Crippen molar-refractivity contribution in [2.45, 2.75) is 26.3 Å². The third kappa shape index (κ3) is 2.15. The van der Waals surface area contributed by atoms with Gasteiger partial charge in [0.2, 0.25) is 0 Å². The Hall–Kier alpha value is -1.02. The second-order valence-corrected chi connectivity index (χ2v) is 4.92. The first kappa shape index (κ1) is 10.5. The number of fused-ring (bicyclic) bond motifs is 1. The van der Waals surface area contributed by atoms with E-state index < -0.39 is 0 Å². The number of nitrogens with one attached hydrogen (secondary N) is 1. The van der Waals surface area contributed by atoms with Crippen molar-refractivity contribution in [3.8, 4) is 0 Å². The van der Waals surface area contributed by atoms with Crippen LogP contribution in [-0.2, 0) is 6.42 Å². The van der Waals surface area contributed by atoms with Gasteiger partial charge in [-0.2, -0.15) is 0 Å². The highest BCUT2D eigenvalue weighted by atomic mass is 15.1. The fraction of sp³-hybridized carbons (Fsp3) is 0.538. The van der Waals surface area contributed by atoms with Crippen LogP contribution >= 0.6 is 0 Å². The number of nitrogens with zero attached hydrogens (tertiary/aromatic N) is 1. The van der Waals surface area contributed by atoms with E-state index in [1.165, 1.54) is 28.8 Å². The molecule has 2 rings (SSSR count). The van der Waals surface area contributed by atoms with Crippen LogP contribution in [0.2, 0.25) is 0 Å². The van der Waals surface area contributed by atoms with E-state index in [9.17, 15) is 0 Å². The number of likely N-dealkylation sites (N-methyl/N-ethyl adjacent to an activating group) is 1. The first-order chi connectivity index (χ1) is 7.06. The topological polar surface area (TPSA) is 15.3 Å². The first-order valence-corrected chi connectivity index (χ1v) is 5.57. The molecule has 1 aliphatic rings. The molecule has 0 saturated heterocycles. The summed E-state index contributed by atoms with van der Waals surface area (Å²) in [5.41, 5.74) is 5.63. The standard InChI is InChI=1S/C13H20N2/c1-9-5-10(2)12-7-11(8-15(3)4)14-13(12)6-9/h5-6,11,14H,7-8H2,1-4H3. The maximum absolute atomic E-state index is 3.61. The lowest BCUT2D eigenvalue weighted by Crippen LogP contribution is -2.30. The molecule has 0 fully saturated rings. The highest BCUT2D eigenvalue weighted by Crippen LogP contribution is 2.30. The molecule has 0 amide bonds. The van der Waals surface area contributed by atoms with E-state index in [1.807, 2.05) is 0 Å². The molecule has 1 unspecified atom stereocenters. The first-order valence-electron chi connectivity index (χ1n) is 5.57. The molecule has 2 heteroatoms. The summed E-state index contributed by atoms with van der Waals surface area (Å²) >= 11 is 0. The second kappa shape index (κ2) is 3.86. The third-order valence-electron chi connectivity index (χ3n) is 3.01. The van der Waals surface area contributed by atoms with Gasteiger partial charge in [-0.3, -0.25) is 0 Å². The minimum atomic E-state index is 0.579. The van der Waals surface area contributed by atoms with Gasteiger partial charge in [0.25, 0.3) is 0 Å². The average Bonchev–Trinajstić information content (AvgIpc) is 2.45. The monoisotopic (exact) mass is 204 g/mol. The summed E-state index contributed by atoms with van der Waals surface area (Å²) in [5.74, 6) is 0. The number of rotatable bonds is 2. The summed E-state index contributed by atoms with van der Waals surface area (Å²) in [6, 6.07) is 5.12. The molecular formula is C13H20N2. The minimum absolute atomic E-state index is 0.579. The van der Waals surface area contributed by atoms with Crippen LogP contribution in [0.15, 0.2) is 12.1 Å². The summed E-state index contributed by atoms with van der Waals surface area (Å²) < 4.78 is 0. The van der Waals surface area contributed by atoms with Crippen molar-refractivity contribution < 1.29 is 0 Å². The van der Waals surface area contributed by atoms with Gasteiger partial charge in [0.15, 0.2) is 0 Å². The molecule has 0 aliphatic carbocycles. The van der Waals surface area contributed by atoms with Crippen LogP contribution in [0.4, 0.5) is 5.69 Å². The highest BCUT2D eigenvalue weighted by Gasteiger charge is 2.22. The van der Waals surface area contributed by atoms with Crippen molar-refractivity contribution in [2.75, 3.05) is 26.0 Å². The summed E-state index contributed by atoms with van der Waals surface area (Å²) in [6.07, 6.45) is 1.17. The molecule has 1 heterocycles. The van der Waals surface area contributed by atoms with Crippen LogP contribution in [0.1, 0.15) is 16.7 Å². The quantitative estimate of drug-likeness (QED) is 0.794. The molecule has 82 valence electrons. The maximum Gasteiger partial charge on any atom is 0.0429 e. The minimum Gasteiger partial charge on any atom is -0.380 e. The van der Waals surface area contributed by atoms with E-state index in [4.69, 9.17) is 0 Å². The molecule has 1 atom stereocenters. The average molecular weight is 204 g/mol. The van der Waals surface area contributed by atoms with Crippen molar-refractivity contribution in [1.29, 1.82) is 0 Å². The van der Waals surface area contributed by atoms with Crippen LogP contribution in [0.25, 0.3) is 0 Å². The van der Waals surface area contributed by atoms with Crippen molar-refractivity contribution in [3.05, 3.63) is 28.8 Å². The van der Waals surface area contributed by atoms with Gasteiger partial charge in [0.05, 0.1) is 0 Å². The Bertz CT molecular complexity index is 369. The Labute approximate surface area is 92.3 Å². The zero-order valence-electron chi connectivity index (χ0n) is 10.1. The van der Waals surface area contributed by atoms with Crippen LogP contribution in [0.5, 0.6) is 0 Å². The molecule has 1 N–H and O–H groups in total. The van der Waals surface area contributed by atoms with Crippen LogP contribution < -0.4 is 5.32 Å². The predicted octanol–water partition coefficient (Wildman–Crippen LogP) is 2.20. The Kier molecular flexibility index (Phi) is 2.70. The van der Waals surface area contributed by atoms with Gasteiger partial charge in [-0.1, -0.05) is 6.07 Å². The van der Waals surface area contributed by atoms with Crippen molar-refractivity contribution in [1.82, 2.24) is 4.90 Å². The molecule has 0 saturated carbocycles. The van der Waals surface area contributed by atoms with Gasteiger partial charge in [-0.15, -0.1) is 0 Å². The summed E-state index contributed by atoms with van der Waals surface area (Å²) in [5, 5.41) is 3.61. The van der Waals surface area contributed by atoms with Crippen molar-refractivity contribution >= 4 is 5.69 Å². The molecule has 0 spiro atoms. The lowest BCUT2D eigenvalue weighted by molar-refractivity contribution is 0.386. The number of hydrogen-bond donors (Lipinski definition) is 1. The SMILES string of the molecule is Cc1cc(C)c2c(c1)NC(CN(C)C)C2. The Morgan fingerprint density at radius 1 is 1.33 bits per heavy atom. The van der Waals surface area contributed by atoms with Gasteiger partial charge in [-0.05, 0) is 57.1 Å². The van der Waals surface area contributed by atoms with Crippen LogP contribution in [-0.4, -0.2) is 31.6 Å². The smallest absolute Gasteiger partial charge is 0.0429 e. The highest BCUT2D eigenvalue weighted by molar-refractivity contribution is 5.61. The fourth-order valence-corrected chi connectivity index (χ4v) is 2.47. The van der Waals surface area contributed by atoms with E-state index in [0.717, 1.165) is 6.54 Å². The largest absolute Gasteiger partial charge is 0.380 e. The van der Waals surface area contributed by atoms with Gasteiger partial charge in [0, 0.05) is 18.3 Å². The van der Waals surface area contributed by atoms with E-state index in [1.54, 1.807) is 0 Å².